The molecule has 0 aliphatic heterocycles. The van der Waals surface area contributed by atoms with Crippen molar-refractivity contribution in [2.24, 2.45) is 0 Å². The first kappa shape index (κ1) is 16.0. The molecule has 0 aromatic carbocycles. The maximum atomic E-state index is 11.9. The van der Waals surface area contributed by atoms with E-state index in [-0.39, 0.29) is 18.2 Å². The number of aromatic nitrogens is 1. The zero-order valence-electron chi connectivity index (χ0n) is 10.6. The molecular formula is C11H14F3N3O3. The Morgan fingerprint density at radius 2 is 2.20 bits per heavy atom. The lowest BCUT2D eigenvalue weighted by Gasteiger charge is -2.12. The van der Waals surface area contributed by atoms with Crippen molar-refractivity contribution in [1.82, 2.24) is 10.3 Å². The van der Waals surface area contributed by atoms with Crippen LogP contribution in [0.1, 0.15) is 6.92 Å². The normalized spacial score (nSPS) is 12.7. The van der Waals surface area contributed by atoms with Crippen LogP contribution in [0.3, 0.4) is 0 Å². The molecule has 1 heterocycles. The van der Waals surface area contributed by atoms with E-state index in [0.29, 0.717) is 0 Å². The average Bonchev–Trinajstić information content (AvgIpc) is 2.36. The smallest absolute Gasteiger partial charge is 0.422 e. The van der Waals surface area contributed by atoms with Crippen LogP contribution in [-0.2, 0) is 0 Å². The van der Waals surface area contributed by atoms with Gasteiger partial charge in [-0.3, -0.25) is 0 Å². The molecule has 1 rings (SSSR count). The molecule has 9 heteroatoms. The minimum atomic E-state index is -4.43. The number of carbonyl (C=O) groups excluding carboxylic acids is 1. The van der Waals surface area contributed by atoms with Crippen molar-refractivity contribution >= 4 is 11.7 Å². The number of pyridine rings is 1. The number of nitrogens with zero attached hydrogens (tertiary/aromatic N) is 1. The summed E-state index contributed by atoms with van der Waals surface area (Å²) in [6.45, 7) is -0.0386. The van der Waals surface area contributed by atoms with Crippen LogP contribution in [0, 0.1) is 0 Å². The number of alkyl halides is 3. The fourth-order valence-corrected chi connectivity index (χ4v) is 1.13. The lowest BCUT2D eigenvalue weighted by atomic mass is 10.4. The van der Waals surface area contributed by atoms with Crippen LogP contribution in [0.5, 0.6) is 5.88 Å². The number of rotatable bonds is 5. The van der Waals surface area contributed by atoms with Crippen LogP contribution in [0.15, 0.2) is 18.3 Å². The lowest BCUT2D eigenvalue weighted by molar-refractivity contribution is -0.154. The largest absolute Gasteiger partial charge is 0.468 e. The van der Waals surface area contributed by atoms with Crippen LogP contribution in [0.25, 0.3) is 0 Å². The predicted molar refractivity (Wildman–Crippen MR) is 64.5 cm³/mol. The molecule has 20 heavy (non-hydrogen) atoms. The van der Waals surface area contributed by atoms with Gasteiger partial charge in [-0.25, -0.2) is 9.78 Å². The molecule has 0 spiro atoms. The van der Waals surface area contributed by atoms with Crippen molar-refractivity contribution in [3.63, 3.8) is 0 Å². The van der Waals surface area contributed by atoms with E-state index in [1.54, 1.807) is 6.92 Å². The molecule has 6 nitrogen and oxygen atoms in total. The number of hydrogen-bond donors (Lipinski definition) is 3. The van der Waals surface area contributed by atoms with Crippen LogP contribution in [-0.4, -0.2) is 41.6 Å². The molecule has 1 aromatic rings. The fraction of sp³-hybridized carbons (Fsp3) is 0.455. The Hall–Kier alpha value is -2.03. The molecule has 1 aromatic heterocycles. The molecule has 2 amide bonds. The molecule has 0 aliphatic rings. The number of carbonyl (C=O) groups is 1. The molecule has 0 fully saturated rings. The number of amides is 2. The molecule has 0 saturated carbocycles. The van der Waals surface area contributed by atoms with Gasteiger partial charge >= 0.3 is 12.2 Å². The van der Waals surface area contributed by atoms with Crippen molar-refractivity contribution < 1.29 is 27.8 Å². The third-order valence-electron chi connectivity index (χ3n) is 2.03. The molecule has 0 aliphatic carbocycles. The van der Waals surface area contributed by atoms with Crippen LogP contribution in [0.4, 0.5) is 23.7 Å². The van der Waals surface area contributed by atoms with Gasteiger partial charge in [0.2, 0.25) is 5.88 Å². The number of nitrogens with one attached hydrogen (secondary N) is 2. The molecule has 0 saturated heterocycles. The number of hydrogen-bond acceptors (Lipinski definition) is 4. The van der Waals surface area contributed by atoms with Crippen LogP contribution in [0.2, 0.25) is 0 Å². The van der Waals surface area contributed by atoms with Gasteiger partial charge in [-0.1, -0.05) is 0 Å². The summed E-state index contributed by atoms with van der Waals surface area (Å²) in [5, 5.41) is 13.6. The van der Waals surface area contributed by atoms with Crippen molar-refractivity contribution in [2.45, 2.75) is 19.1 Å². The first-order valence-corrected chi connectivity index (χ1v) is 5.64. The molecule has 0 radical (unpaired) electrons. The minimum absolute atomic E-state index is 0.197. The highest BCUT2D eigenvalue weighted by molar-refractivity contribution is 5.89. The topological polar surface area (TPSA) is 83.5 Å². The average molecular weight is 293 g/mol. The van der Waals surface area contributed by atoms with Gasteiger partial charge < -0.3 is 20.5 Å². The molecule has 0 unspecified atom stereocenters. The summed E-state index contributed by atoms with van der Waals surface area (Å²) in [4.78, 5) is 15.0. The molecule has 1 atom stereocenters. The monoisotopic (exact) mass is 293 g/mol. The lowest BCUT2D eigenvalue weighted by Crippen LogP contribution is -2.38. The maximum absolute atomic E-state index is 11.9. The predicted octanol–water partition coefficient (Wildman–Crippen LogP) is 1.53. The Morgan fingerprint density at radius 3 is 2.70 bits per heavy atom. The maximum Gasteiger partial charge on any atom is 0.422 e. The number of ether oxygens (including phenoxy) is 1. The number of urea groups is 1. The summed E-state index contributed by atoms with van der Waals surface area (Å²) < 4.78 is 40.1. The van der Waals surface area contributed by atoms with E-state index in [4.69, 9.17) is 5.11 Å². The van der Waals surface area contributed by atoms with Gasteiger partial charge in [0.05, 0.1) is 24.5 Å². The van der Waals surface area contributed by atoms with E-state index in [9.17, 15) is 18.0 Å². The summed E-state index contributed by atoms with van der Waals surface area (Å²) in [7, 11) is 0. The van der Waals surface area contributed by atoms with E-state index < -0.39 is 24.9 Å². The minimum Gasteiger partial charge on any atom is -0.468 e. The second-order valence-electron chi connectivity index (χ2n) is 3.97. The zero-order chi connectivity index (χ0) is 15.2. The molecule has 0 bridgehead atoms. The summed E-state index contributed by atoms with van der Waals surface area (Å²) in [6, 6.07) is 1.58. The van der Waals surface area contributed by atoms with E-state index in [0.717, 1.165) is 6.20 Å². The summed E-state index contributed by atoms with van der Waals surface area (Å²) in [6.07, 6.45) is -3.27. The number of aliphatic hydroxyl groups excluding tert-OH is 1. The Bertz CT molecular complexity index is 437. The SMILES string of the molecule is C[C@@H](CO)NC(=O)Nc1ccc(OCC(F)(F)F)nc1. The van der Waals surface area contributed by atoms with Crippen LogP contribution >= 0.6 is 0 Å². The van der Waals surface area contributed by atoms with Gasteiger partial charge in [0.1, 0.15) is 0 Å². The quantitative estimate of drug-likeness (QED) is 0.768. The van der Waals surface area contributed by atoms with Gasteiger partial charge in [-0.2, -0.15) is 13.2 Å². The van der Waals surface area contributed by atoms with E-state index >= 15 is 0 Å². The van der Waals surface area contributed by atoms with E-state index in [2.05, 4.69) is 20.4 Å². The standard InChI is InChI=1S/C11H14F3N3O3/c1-7(5-18)16-10(19)17-8-2-3-9(15-4-8)20-6-11(12,13)14/h2-4,7,18H,5-6H2,1H3,(H2,16,17,19)/t7-/m0/s1. The number of anilines is 1. The highest BCUT2D eigenvalue weighted by Crippen LogP contribution is 2.17. The van der Waals surface area contributed by atoms with Gasteiger partial charge in [0, 0.05) is 6.07 Å². The highest BCUT2D eigenvalue weighted by Gasteiger charge is 2.28. The molecule has 3 N–H and O–H groups in total. The Labute approximate surface area is 113 Å². The Balaban J connectivity index is 2.48. The van der Waals surface area contributed by atoms with E-state index in [1.165, 1.54) is 12.1 Å². The molecule has 112 valence electrons. The van der Waals surface area contributed by atoms with Gasteiger partial charge in [-0.05, 0) is 13.0 Å². The van der Waals surface area contributed by atoms with Gasteiger partial charge in [-0.15, -0.1) is 0 Å². The van der Waals surface area contributed by atoms with Gasteiger partial charge in [0.15, 0.2) is 6.61 Å². The Morgan fingerprint density at radius 1 is 1.50 bits per heavy atom. The van der Waals surface area contributed by atoms with Crippen LogP contribution < -0.4 is 15.4 Å². The van der Waals surface area contributed by atoms with Crippen molar-refractivity contribution in [3.05, 3.63) is 18.3 Å². The number of aliphatic hydroxyl groups is 1. The second kappa shape index (κ2) is 6.94. The summed E-state index contributed by atoms with van der Waals surface area (Å²) in [5.74, 6) is -0.197. The number of halogens is 3. The zero-order valence-corrected chi connectivity index (χ0v) is 10.6. The van der Waals surface area contributed by atoms with Crippen molar-refractivity contribution in [3.8, 4) is 5.88 Å². The van der Waals surface area contributed by atoms with Crippen molar-refractivity contribution in [1.29, 1.82) is 0 Å². The van der Waals surface area contributed by atoms with Gasteiger partial charge in [0.25, 0.3) is 0 Å². The summed E-state index contributed by atoms with van der Waals surface area (Å²) in [5.41, 5.74) is 0.284. The second-order valence-corrected chi connectivity index (χ2v) is 3.97. The first-order valence-electron chi connectivity index (χ1n) is 5.64. The van der Waals surface area contributed by atoms with E-state index in [1.807, 2.05) is 0 Å². The van der Waals surface area contributed by atoms with Crippen molar-refractivity contribution in [2.75, 3.05) is 18.5 Å². The summed E-state index contributed by atoms with van der Waals surface area (Å²) >= 11 is 0. The molecular weight excluding hydrogens is 279 g/mol. The fourth-order valence-electron chi connectivity index (χ4n) is 1.13. The Kier molecular flexibility index (Phi) is 5.56. The highest BCUT2D eigenvalue weighted by atomic mass is 19.4. The first-order chi connectivity index (χ1) is 9.30. The third-order valence-corrected chi connectivity index (χ3v) is 2.03. The third kappa shape index (κ3) is 6.23.